The van der Waals surface area contributed by atoms with E-state index in [9.17, 15) is 4.79 Å². The van der Waals surface area contributed by atoms with Crippen molar-refractivity contribution in [3.63, 3.8) is 0 Å². The highest BCUT2D eigenvalue weighted by molar-refractivity contribution is 6.03. The molecule has 1 aliphatic rings. The standard InChI is InChI=1S/C19H19N5O/c1-13-20-9-8-16(21-13)19(25)22-15-6-4-5-14(11-15)17-12-24-10-3-2-7-18(24)23-17/h4-6,8-9,11-12H,2-3,7,10H2,1H3,(H,22,25). The number of nitrogens with one attached hydrogen (secondary N) is 1. The Morgan fingerprint density at radius 1 is 1.20 bits per heavy atom. The van der Waals surface area contributed by atoms with Crippen molar-refractivity contribution in [3.05, 3.63) is 60.1 Å². The van der Waals surface area contributed by atoms with Gasteiger partial charge in [-0.3, -0.25) is 4.79 Å². The second-order valence-corrected chi connectivity index (χ2v) is 6.22. The van der Waals surface area contributed by atoms with Crippen molar-refractivity contribution >= 4 is 11.6 Å². The summed E-state index contributed by atoms with van der Waals surface area (Å²) in [4.78, 5) is 25.3. The first-order valence-corrected chi connectivity index (χ1v) is 8.46. The Labute approximate surface area is 146 Å². The number of rotatable bonds is 3. The molecule has 0 saturated carbocycles. The maximum atomic E-state index is 12.4. The lowest BCUT2D eigenvalue weighted by Crippen LogP contribution is -2.14. The summed E-state index contributed by atoms with van der Waals surface area (Å²) in [5.41, 5.74) is 3.03. The van der Waals surface area contributed by atoms with Crippen molar-refractivity contribution in [1.82, 2.24) is 19.5 Å². The molecule has 6 heteroatoms. The molecule has 0 aliphatic carbocycles. The van der Waals surface area contributed by atoms with Gasteiger partial charge >= 0.3 is 0 Å². The van der Waals surface area contributed by atoms with Crippen molar-refractivity contribution < 1.29 is 4.79 Å². The SMILES string of the molecule is Cc1nccc(C(=O)Nc2cccc(-c3cn4c(n3)CCCC4)c2)n1. The van der Waals surface area contributed by atoms with E-state index in [1.165, 1.54) is 12.8 Å². The van der Waals surface area contributed by atoms with Crippen LogP contribution in [0.4, 0.5) is 5.69 Å². The van der Waals surface area contributed by atoms with E-state index in [1.807, 2.05) is 24.3 Å². The molecular weight excluding hydrogens is 314 g/mol. The summed E-state index contributed by atoms with van der Waals surface area (Å²) in [6, 6.07) is 9.36. The van der Waals surface area contributed by atoms with E-state index in [0.29, 0.717) is 11.5 Å². The van der Waals surface area contributed by atoms with E-state index < -0.39 is 0 Å². The van der Waals surface area contributed by atoms with Crippen LogP contribution in [0.25, 0.3) is 11.3 Å². The van der Waals surface area contributed by atoms with E-state index in [0.717, 1.165) is 35.7 Å². The molecule has 126 valence electrons. The number of fused-ring (bicyclic) bond motifs is 1. The monoisotopic (exact) mass is 333 g/mol. The third kappa shape index (κ3) is 3.28. The summed E-state index contributed by atoms with van der Waals surface area (Å²) in [7, 11) is 0. The van der Waals surface area contributed by atoms with E-state index in [2.05, 4.69) is 26.0 Å². The summed E-state index contributed by atoms with van der Waals surface area (Å²) in [5.74, 6) is 1.48. The van der Waals surface area contributed by atoms with Gasteiger partial charge in [0.15, 0.2) is 0 Å². The average molecular weight is 333 g/mol. The van der Waals surface area contributed by atoms with Gasteiger partial charge in [-0.05, 0) is 38.0 Å². The Bertz CT molecular complexity index is 908. The number of amides is 1. The zero-order valence-electron chi connectivity index (χ0n) is 14.1. The van der Waals surface area contributed by atoms with Crippen LogP contribution >= 0.6 is 0 Å². The van der Waals surface area contributed by atoms with Crippen molar-refractivity contribution in [3.8, 4) is 11.3 Å². The van der Waals surface area contributed by atoms with Crippen LogP contribution in [0.15, 0.2) is 42.7 Å². The molecule has 1 aromatic carbocycles. The van der Waals surface area contributed by atoms with Crippen LogP contribution in [-0.2, 0) is 13.0 Å². The Morgan fingerprint density at radius 2 is 2.12 bits per heavy atom. The van der Waals surface area contributed by atoms with Crippen molar-refractivity contribution in [1.29, 1.82) is 0 Å². The molecule has 25 heavy (non-hydrogen) atoms. The third-order valence-electron chi connectivity index (χ3n) is 4.33. The minimum atomic E-state index is -0.244. The van der Waals surface area contributed by atoms with Crippen LogP contribution in [0.5, 0.6) is 0 Å². The lowest BCUT2D eigenvalue weighted by Gasteiger charge is -2.11. The summed E-state index contributed by atoms with van der Waals surface area (Å²) in [6.45, 7) is 2.80. The lowest BCUT2D eigenvalue weighted by atomic mass is 10.1. The van der Waals surface area contributed by atoms with Crippen LogP contribution in [0.3, 0.4) is 0 Å². The molecule has 0 spiro atoms. The number of aromatic nitrogens is 4. The molecular formula is C19H19N5O. The number of anilines is 1. The number of nitrogens with zero attached hydrogens (tertiary/aromatic N) is 4. The van der Waals surface area contributed by atoms with Gasteiger partial charge in [-0.2, -0.15) is 0 Å². The van der Waals surface area contributed by atoms with Crippen LogP contribution in [0, 0.1) is 6.92 Å². The minimum Gasteiger partial charge on any atom is -0.334 e. The van der Waals surface area contributed by atoms with Crippen LogP contribution in [-0.4, -0.2) is 25.4 Å². The second kappa shape index (κ2) is 6.47. The Balaban J connectivity index is 1.57. The van der Waals surface area contributed by atoms with Gasteiger partial charge < -0.3 is 9.88 Å². The molecule has 0 fully saturated rings. The second-order valence-electron chi connectivity index (χ2n) is 6.22. The van der Waals surface area contributed by atoms with Gasteiger partial charge in [-0.25, -0.2) is 15.0 Å². The highest BCUT2D eigenvalue weighted by Crippen LogP contribution is 2.25. The number of carbonyl (C=O) groups is 1. The zero-order valence-corrected chi connectivity index (χ0v) is 14.1. The predicted molar refractivity (Wildman–Crippen MR) is 95.3 cm³/mol. The normalized spacial score (nSPS) is 13.3. The van der Waals surface area contributed by atoms with E-state index >= 15 is 0 Å². The van der Waals surface area contributed by atoms with E-state index in [1.54, 1.807) is 19.2 Å². The van der Waals surface area contributed by atoms with Gasteiger partial charge in [0.25, 0.3) is 5.91 Å². The number of imidazole rings is 1. The van der Waals surface area contributed by atoms with Gasteiger partial charge in [-0.1, -0.05) is 12.1 Å². The number of benzene rings is 1. The predicted octanol–water partition coefficient (Wildman–Crippen LogP) is 3.24. The lowest BCUT2D eigenvalue weighted by molar-refractivity contribution is 0.102. The minimum absolute atomic E-state index is 0.244. The molecule has 0 saturated heterocycles. The first kappa shape index (κ1) is 15.5. The molecule has 1 amide bonds. The fraction of sp³-hybridized carbons (Fsp3) is 0.263. The highest BCUT2D eigenvalue weighted by atomic mass is 16.1. The number of aryl methyl sites for hydroxylation is 3. The highest BCUT2D eigenvalue weighted by Gasteiger charge is 2.14. The summed E-state index contributed by atoms with van der Waals surface area (Å²) in [5, 5.41) is 2.89. The van der Waals surface area contributed by atoms with Crippen LogP contribution in [0.1, 0.15) is 35.0 Å². The van der Waals surface area contributed by atoms with Crippen LogP contribution < -0.4 is 5.32 Å². The fourth-order valence-corrected chi connectivity index (χ4v) is 3.09. The number of carbonyl (C=O) groups excluding carboxylic acids is 1. The molecule has 0 radical (unpaired) electrons. The Hall–Kier alpha value is -3.02. The fourth-order valence-electron chi connectivity index (χ4n) is 3.09. The average Bonchev–Trinajstić information content (AvgIpc) is 3.06. The van der Waals surface area contributed by atoms with Gasteiger partial charge in [0.1, 0.15) is 17.3 Å². The first-order chi connectivity index (χ1) is 12.2. The van der Waals surface area contributed by atoms with E-state index in [-0.39, 0.29) is 5.91 Å². The molecule has 0 atom stereocenters. The molecule has 0 unspecified atom stereocenters. The molecule has 4 rings (SSSR count). The van der Waals surface area contributed by atoms with Gasteiger partial charge in [0, 0.05) is 36.6 Å². The van der Waals surface area contributed by atoms with Gasteiger partial charge in [0.05, 0.1) is 5.69 Å². The first-order valence-electron chi connectivity index (χ1n) is 8.46. The quantitative estimate of drug-likeness (QED) is 0.798. The molecule has 1 aliphatic heterocycles. The van der Waals surface area contributed by atoms with Crippen molar-refractivity contribution in [2.45, 2.75) is 32.7 Å². The smallest absolute Gasteiger partial charge is 0.274 e. The molecule has 6 nitrogen and oxygen atoms in total. The summed E-state index contributed by atoms with van der Waals surface area (Å²) < 4.78 is 2.23. The Morgan fingerprint density at radius 3 is 2.96 bits per heavy atom. The molecule has 0 bridgehead atoms. The molecule has 1 N–H and O–H groups in total. The third-order valence-corrected chi connectivity index (χ3v) is 4.33. The van der Waals surface area contributed by atoms with Gasteiger partial charge in [-0.15, -0.1) is 0 Å². The zero-order chi connectivity index (χ0) is 17.2. The van der Waals surface area contributed by atoms with Crippen molar-refractivity contribution in [2.75, 3.05) is 5.32 Å². The largest absolute Gasteiger partial charge is 0.334 e. The maximum absolute atomic E-state index is 12.4. The maximum Gasteiger partial charge on any atom is 0.274 e. The van der Waals surface area contributed by atoms with Gasteiger partial charge in [0.2, 0.25) is 0 Å². The van der Waals surface area contributed by atoms with Crippen molar-refractivity contribution in [2.24, 2.45) is 0 Å². The molecule has 2 aromatic heterocycles. The number of hydrogen-bond donors (Lipinski definition) is 1. The van der Waals surface area contributed by atoms with Crippen LogP contribution in [0.2, 0.25) is 0 Å². The summed E-state index contributed by atoms with van der Waals surface area (Å²) >= 11 is 0. The number of hydrogen-bond acceptors (Lipinski definition) is 4. The molecule has 3 heterocycles. The van der Waals surface area contributed by atoms with E-state index in [4.69, 9.17) is 4.98 Å². The molecule has 3 aromatic rings. The topological polar surface area (TPSA) is 72.7 Å². The summed E-state index contributed by atoms with van der Waals surface area (Å²) in [6.07, 6.45) is 7.12. The Kier molecular flexibility index (Phi) is 4.01.